The largest absolute Gasteiger partial charge is 0.387 e. The van der Waals surface area contributed by atoms with E-state index in [1.807, 2.05) is 17.8 Å². The van der Waals surface area contributed by atoms with Crippen molar-refractivity contribution in [2.24, 2.45) is 0 Å². The van der Waals surface area contributed by atoms with Crippen molar-refractivity contribution in [1.29, 1.82) is 0 Å². The van der Waals surface area contributed by atoms with Gasteiger partial charge in [-0.15, -0.1) is 0 Å². The van der Waals surface area contributed by atoms with Gasteiger partial charge < -0.3 is 14.6 Å². The standard InChI is InChI=1S/C16H23N3O3S/c1-18(9-3-10-19-11-8-17-13-19)12-16(20)14-4-6-15(7-5-14)23(2,21)22/h4-8,11,13,16,20H,3,9-10,12H2,1-2H3. The molecule has 23 heavy (non-hydrogen) atoms. The Balaban J connectivity index is 1.82. The Morgan fingerprint density at radius 2 is 2.00 bits per heavy atom. The minimum absolute atomic E-state index is 0.266. The Kier molecular flexibility index (Phi) is 5.92. The lowest BCUT2D eigenvalue weighted by Gasteiger charge is -2.21. The summed E-state index contributed by atoms with van der Waals surface area (Å²) in [6.07, 6.45) is 6.98. The number of nitrogens with zero attached hydrogens (tertiary/aromatic N) is 3. The second-order valence-corrected chi connectivity index (χ2v) is 7.79. The number of aliphatic hydroxyl groups is 1. The summed E-state index contributed by atoms with van der Waals surface area (Å²) in [5, 5.41) is 10.3. The van der Waals surface area contributed by atoms with Crippen LogP contribution in [0.2, 0.25) is 0 Å². The van der Waals surface area contributed by atoms with Crippen molar-refractivity contribution in [3.63, 3.8) is 0 Å². The highest BCUT2D eigenvalue weighted by Gasteiger charge is 2.12. The Labute approximate surface area is 137 Å². The lowest BCUT2D eigenvalue weighted by Crippen LogP contribution is -2.26. The molecule has 0 saturated carbocycles. The van der Waals surface area contributed by atoms with E-state index in [2.05, 4.69) is 9.88 Å². The number of aryl methyl sites for hydroxylation is 1. The molecule has 0 aliphatic heterocycles. The summed E-state index contributed by atoms with van der Waals surface area (Å²) < 4.78 is 24.9. The Morgan fingerprint density at radius 3 is 2.57 bits per heavy atom. The van der Waals surface area contributed by atoms with Crippen LogP contribution >= 0.6 is 0 Å². The highest BCUT2D eigenvalue weighted by molar-refractivity contribution is 7.90. The van der Waals surface area contributed by atoms with Crippen molar-refractivity contribution in [3.8, 4) is 0 Å². The van der Waals surface area contributed by atoms with Gasteiger partial charge >= 0.3 is 0 Å². The molecule has 1 unspecified atom stereocenters. The van der Waals surface area contributed by atoms with Gasteiger partial charge in [0.05, 0.1) is 17.3 Å². The van der Waals surface area contributed by atoms with Crippen LogP contribution in [0.25, 0.3) is 0 Å². The van der Waals surface area contributed by atoms with Crippen LogP contribution in [-0.4, -0.2) is 54.4 Å². The molecule has 1 atom stereocenters. The number of sulfone groups is 1. The molecule has 0 amide bonds. The van der Waals surface area contributed by atoms with Crippen LogP contribution in [-0.2, 0) is 16.4 Å². The van der Waals surface area contributed by atoms with E-state index in [0.717, 1.165) is 25.1 Å². The maximum Gasteiger partial charge on any atom is 0.175 e. The Bertz CT molecular complexity index is 697. The zero-order valence-electron chi connectivity index (χ0n) is 13.5. The molecule has 2 rings (SSSR count). The highest BCUT2D eigenvalue weighted by Crippen LogP contribution is 2.17. The highest BCUT2D eigenvalue weighted by atomic mass is 32.2. The van der Waals surface area contributed by atoms with Crippen molar-refractivity contribution in [3.05, 3.63) is 48.5 Å². The molecule has 126 valence electrons. The molecule has 0 bridgehead atoms. The first-order valence-corrected chi connectivity index (χ1v) is 9.38. The van der Waals surface area contributed by atoms with E-state index in [-0.39, 0.29) is 4.90 Å². The van der Waals surface area contributed by atoms with Gasteiger partial charge in [0.2, 0.25) is 0 Å². The topological polar surface area (TPSA) is 75.4 Å². The zero-order valence-corrected chi connectivity index (χ0v) is 14.3. The minimum atomic E-state index is -3.20. The van der Waals surface area contributed by atoms with Crippen LogP contribution in [0.5, 0.6) is 0 Å². The number of benzene rings is 1. The van der Waals surface area contributed by atoms with Gasteiger partial charge in [-0.05, 0) is 37.7 Å². The van der Waals surface area contributed by atoms with Crippen LogP contribution in [0, 0.1) is 0 Å². The van der Waals surface area contributed by atoms with Gasteiger partial charge in [0.1, 0.15) is 0 Å². The van der Waals surface area contributed by atoms with Crippen molar-refractivity contribution >= 4 is 9.84 Å². The molecule has 7 heteroatoms. The van der Waals surface area contributed by atoms with Gasteiger partial charge in [-0.2, -0.15) is 0 Å². The second kappa shape index (κ2) is 7.72. The van der Waals surface area contributed by atoms with E-state index in [0.29, 0.717) is 6.54 Å². The molecule has 2 aromatic rings. The fourth-order valence-electron chi connectivity index (χ4n) is 2.37. The number of likely N-dealkylation sites (N-methyl/N-ethyl adjacent to an activating group) is 1. The first kappa shape index (κ1) is 17.7. The summed E-state index contributed by atoms with van der Waals surface area (Å²) >= 11 is 0. The van der Waals surface area contributed by atoms with E-state index < -0.39 is 15.9 Å². The third kappa shape index (κ3) is 5.46. The summed E-state index contributed by atoms with van der Waals surface area (Å²) in [6, 6.07) is 6.40. The van der Waals surface area contributed by atoms with Crippen LogP contribution in [0.1, 0.15) is 18.1 Å². The van der Waals surface area contributed by atoms with Crippen LogP contribution < -0.4 is 0 Å². The van der Waals surface area contributed by atoms with Crippen molar-refractivity contribution in [1.82, 2.24) is 14.5 Å². The summed E-state index contributed by atoms with van der Waals surface area (Å²) in [7, 11) is -1.24. The predicted molar refractivity (Wildman–Crippen MR) is 88.9 cm³/mol. The normalized spacial score (nSPS) is 13.4. The molecule has 0 aliphatic rings. The average Bonchev–Trinajstić information content (AvgIpc) is 2.99. The Hall–Kier alpha value is -1.70. The van der Waals surface area contributed by atoms with Gasteiger partial charge in [0, 0.05) is 31.7 Å². The van der Waals surface area contributed by atoms with Crippen molar-refractivity contribution in [2.75, 3.05) is 26.4 Å². The quantitative estimate of drug-likeness (QED) is 0.787. The molecule has 1 aromatic heterocycles. The van der Waals surface area contributed by atoms with Crippen LogP contribution in [0.4, 0.5) is 0 Å². The molecular formula is C16H23N3O3S. The summed E-state index contributed by atoms with van der Waals surface area (Å²) in [6.45, 7) is 2.25. The van der Waals surface area contributed by atoms with Gasteiger partial charge in [-0.1, -0.05) is 12.1 Å². The van der Waals surface area contributed by atoms with Crippen LogP contribution in [0.3, 0.4) is 0 Å². The molecule has 0 spiro atoms. The Morgan fingerprint density at radius 1 is 1.30 bits per heavy atom. The zero-order chi connectivity index (χ0) is 16.9. The number of hydrogen-bond donors (Lipinski definition) is 1. The number of rotatable bonds is 8. The molecule has 1 heterocycles. The van der Waals surface area contributed by atoms with E-state index in [9.17, 15) is 13.5 Å². The number of aliphatic hydroxyl groups excluding tert-OH is 1. The molecule has 0 radical (unpaired) electrons. The lowest BCUT2D eigenvalue weighted by atomic mass is 10.1. The lowest BCUT2D eigenvalue weighted by molar-refractivity contribution is 0.125. The van der Waals surface area contributed by atoms with E-state index in [1.165, 1.54) is 18.4 Å². The third-order valence-electron chi connectivity index (χ3n) is 3.69. The second-order valence-electron chi connectivity index (χ2n) is 5.77. The third-order valence-corrected chi connectivity index (χ3v) is 4.82. The number of imidazole rings is 1. The summed E-state index contributed by atoms with van der Waals surface area (Å²) in [5.41, 5.74) is 0.721. The monoisotopic (exact) mass is 337 g/mol. The first-order valence-electron chi connectivity index (χ1n) is 7.48. The molecule has 1 N–H and O–H groups in total. The number of hydrogen-bond acceptors (Lipinski definition) is 5. The van der Waals surface area contributed by atoms with Crippen LogP contribution in [0.15, 0.2) is 47.9 Å². The van der Waals surface area contributed by atoms with E-state index in [1.54, 1.807) is 24.7 Å². The minimum Gasteiger partial charge on any atom is -0.387 e. The van der Waals surface area contributed by atoms with Gasteiger partial charge in [-0.3, -0.25) is 0 Å². The molecule has 0 fully saturated rings. The average molecular weight is 337 g/mol. The summed E-state index contributed by atoms with van der Waals surface area (Å²) in [5.74, 6) is 0. The number of aromatic nitrogens is 2. The molecule has 6 nitrogen and oxygen atoms in total. The maximum absolute atomic E-state index is 11.4. The molecule has 0 aliphatic carbocycles. The maximum atomic E-state index is 11.4. The van der Waals surface area contributed by atoms with E-state index >= 15 is 0 Å². The fraction of sp³-hybridized carbons (Fsp3) is 0.438. The van der Waals surface area contributed by atoms with Crippen molar-refractivity contribution in [2.45, 2.75) is 24.0 Å². The van der Waals surface area contributed by atoms with Gasteiger partial charge in [-0.25, -0.2) is 13.4 Å². The predicted octanol–water partition coefficient (Wildman–Crippen LogP) is 1.34. The van der Waals surface area contributed by atoms with Gasteiger partial charge in [0.15, 0.2) is 9.84 Å². The van der Waals surface area contributed by atoms with Gasteiger partial charge in [0.25, 0.3) is 0 Å². The summed E-state index contributed by atoms with van der Waals surface area (Å²) in [4.78, 5) is 6.33. The fourth-order valence-corrected chi connectivity index (χ4v) is 3.00. The SMILES string of the molecule is CN(CCCn1ccnc1)CC(O)c1ccc(S(C)(=O)=O)cc1. The van der Waals surface area contributed by atoms with Crippen molar-refractivity contribution < 1.29 is 13.5 Å². The molecular weight excluding hydrogens is 314 g/mol. The smallest absolute Gasteiger partial charge is 0.175 e. The molecule has 0 saturated heterocycles. The first-order chi connectivity index (χ1) is 10.9. The van der Waals surface area contributed by atoms with E-state index in [4.69, 9.17) is 0 Å². The molecule has 1 aromatic carbocycles.